The van der Waals surface area contributed by atoms with Crippen molar-refractivity contribution in [3.63, 3.8) is 0 Å². The highest BCUT2D eigenvalue weighted by atomic mass is 35.5. The van der Waals surface area contributed by atoms with E-state index in [1.807, 2.05) is 20.8 Å². The number of methoxy groups -OCH3 is 1. The van der Waals surface area contributed by atoms with Crippen LogP contribution in [0.15, 0.2) is 35.7 Å². The van der Waals surface area contributed by atoms with E-state index in [0.717, 1.165) is 0 Å². The van der Waals surface area contributed by atoms with Gasteiger partial charge in [-0.15, -0.1) is 0 Å². The van der Waals surface area contributed by atoms with Crippen molar-refractivity contribution in [2.45, 2.75) is 20.8 Å². The summed E-state index contributed by atoms with van der Waals surface area (Å²) < 4.78 is 19.5. The zero-order valence-corrected chi connectivity index (χ0v) is 13.1. The van der Waals surface area contributed by atoms with Gasteiger partial charge in [0, 0.05) is 21.7 Å². The fraction of sp³-hybridized carbons (Fsp3) is 0.312. The van der Waals surface area contributed by atoms with E-state index in [9.17, 15) is 9.18 Å². The van der Waals surface area contributed by atoms with Crippen molar-refractivity contribution in [1.82, 2.24) is 5.32 Å². The summed E-state index contributed by atoms with van der Waals surface area (Å²) in [7, 11) is 1.46. The first-order chi connectivity index (χ1) is 9.75. The quantitative estimate of drug-likeness (QED) is 0.831. The Bertz CT molecular complexity index is 657. The van der Waals surface area contributed by atoms with Gasteiger partial charge in [0.25, 0.3) is 5.91 Å². The Morgan fingerprint density at radius 3 is 2.52 bits per heavy atom. The fourth-order valence-electron chi connectivity index (χ4n) is 2.28. The van der Waals surface area contributed by atoms with Gasteiger partial charge in [0.2, 0.25) is 0 Å². The number of benzene rings is 1. The van der Waals surface area contributed by atoms with Crippen LogP contribution in [0.2, 0.25) is 5.02 Å². The number of ether oxygens (including phenoxy) is 1. The summed E-state index contributed by atoms with van der Waals surface area (Å²) in [6, 6.07) is 4.22. The molecular weight excluding hydrogens is 293 g/mol. The van der Waals surface area contributed by atoms with Gasteiger partial charge in [-0.1, -0.05) is 32.4 Å². The van der Waals surface area contributed by atoms with Crippen LogP contribution in [-0.2, 0) is 9.53 Å². The minimum atomic E-state index is -0.511. The molecule has 0 spiro atoms. The summed E-state index contributed by atoms with van der Waals surface area (Å²) >= 11 is 5.97. The lowest BCUT2D eigenvalue weighted by atomic mass is 9.79. The van der Waals surface area contributed by atoms with Gasteiger partial charge in [0.1, 0.15) is 11.6 Å². The predicted molar refractivity (Wildman–Crippen MR) is 80.0 cm³/mol. The SMILES string of the molecule is COC1=C[N]C(=O)C(C(C)(C)C)=C1c1cc(Cl)ccc1F. The van der Waals surface area contributed by atoms with Crippen molar-refractivity contribution in [3.05, 3.63) is 52.1 Å². The number of rotatable bonds is 2. The average Bonchev–Trinajstić information content (AvgIpc) is 2.39. The number of nitrogens with zero attached hydrogens (tertiary/aromatic N) is 1. The molecule has 0 atom stereocenters. The molecule has 0 saturated carbocycles. The van der Waals surface area contributed by atoms with E-state index < -0.39 is 17.1 Å². The second-order valence-electron chi connectivity index (χ2n) is 5.76. The number of halogens is 2. The van der Waals surface area contributed by atoms with E-state index in [1.165, 1.54) is 31.5 Å². The molecule has 1 aliphatic rings. The van der Waals surface area contributed by atoms with Gasteiger partial charge >= 0.3 is 0 Å². The summed E-state index contributed by atoms with van der Waals surface area (Å²) in [5, 5.41) is 4.21. The smallest absolute Gasteiger partial charge is 0.274 e. The summed E-state index contributed by atoms with van der Waals surface area (Å²) in [5.74, 6) is -0.507. The van der Waals surface area contributed by atoms with Gasteiger partial charge in [-0.2, -0.15) is 0 Å². The molecule has 0 aliphatic carbocycles. The first kappa shape index (κ1) is 15.6. The van der Waals surface area contributed by atoms with Gasteiger partial charge in [0.05, 0.1) is 13.3 Å². The van der Waals surface area contributed by atoms with Crippen LogP contribution in [0.25, 0.3) is 5.57 Å². The maximum Gasteiger partial charge on any atom is 0.274 e. The van der Waals surface area contributed by atoms with Crippen molar-refractivity contribution in [3.8, 4) is 0 Å². The van der Waals surface area contributed by atoms with E-state index in [0.29, 0.717) is 21.9 Å². The van der Waals surface area contributed by atoms with Gasteiger partial charge in [-0.05, 0) is 23.6 Å². The molecule has 21 heavy (non-hydrogen) atoms. The molecule has 1 radical (unpaired) electrons. The van der Waals surface area contributed by atoms with Crippen molar-refractivity contribution in [1.29, 1.82) is 0 Å². The maximum absolute atomic E-state index is 14.2. The number of hydrogen-bond acceptors (Lipinski definition) is 2. The van der Waals surface area contributed by atoms with Gasteiger partial charge in [0.15, 0.2) is 0 Å². The monoisotopic (exact) mass is 308 g/mol. The second-order valence-corrected chi connectivity index (χ2v) is 6.19. The number of carbonyl (C=O) groups excluding carboxylic acids is 1. The second kappa shape index (κ2) is 5.53. The lowest BCUT2D eigenvalue weighted by Gasteiger charge is -2.28. The lowest BCUT2D eigenvalue weighted by Crippen LogP contribution is -2.29. The standard InChI is InChI=1S/C16H16ClFNO2/c1-16(2,3)14-13(12(21-4)8-19-15(14)20)10-7-9(17)5-6-11(10)18/h5-8H,1-4H3. The molecule has 3 nitrogen and oxygen atoms in total. The molecule has 0 bridgehead atoms. The first-order valence-electron chi connectivity index (χ1n) is 6.45. The van der Waals surface area contributed by atoms with Crippen LogP contribution in [0.1, 0.15) is 26.3 Å². The zero-order valence-electron chi connectivity index (χ0n) is 12.3. The molecule has 0 saturated heterocycles. The molecule has 111 valence electrons. The highest BCUT2D eigenvalue weighted by Crippen LogP contribution is 2.40. The highest BCUT2D eigenvalue weighted by molar-refractivity contribution is 6.30. The van der Waals surface area contributed by atoms with Crippen molar-refractivity contribution in [2.24, 2.45) is 5.41 Å². The Kier molecular flexibility index (Phi) is 4.10. The molecule has 0 aromatic heterocycles. The Morgan fingerprint density at radius 1 is 1.29 bits per heavy atom. The summed E-state index contributed by atoms with van der Waals surface area (Å²) in [6.07, 6.45) is 1.31. The van der Waals surface area contributed by atoms with Crippen LogP contribution in [-0.4, -0.2) is 13.0 Å². The van der Waals surface area contributed by atoms with Crippen LogP contribution in [0.5, 0.6) is 0 Å². The van der Waals surface area contributed by atoms with Crippen LogP contribution in [0.3, 0.4) is 0 Å². The van der Waals surface area contributed by atoms with Crippen LogP contribution >= 0.6 is 11.6 Å². The van der Waals surface area contributed by atoms with Crippen molar-refractivity contribution < 1.29 is 13.9 Å². The molecular formula is C16H16ClFNO2. The minimum Gasteiger partial charge on any atom is -0.494 e. The Hall–Kier alpha value is -1.81. The zero-order chi connectivity index (χ0) is 15.8. The average molecular weight is 309 g/mol. The largest absolute Gasteiger partial charge is 0.494 e. The number of amides is 1. The number of allylic oxidation sites excluding steroid dienone is 1. The van der Waals surface area contributed by atoms with Gasteiger partial charge < -0.3 is 4.74 Å². The number of carbonyl (C=O) groups is 1. The predicted octanol–water partition coefficient (Wildman–Crippen LogP) is 3.91. The molecule has 1 amide bonds. The summed E-state index contributed by atoms with van der Waals surface area (Å²) in [6.45, 7) is 5.62. The summed E-state index contributed by atoms with van der Waals surface area (Å²) in [5.41, 5.74) is 0.541. The molecule has 1 aromatic carbocycles. The fourth-order valence-corrected chi connectivity index (χ4v) is 2.46. The highest BCUT2D eigenvalue weighted by Gasteiger charge is 2.34. The van der Waals surface area contributed by atoms with Crippen LogP contribution in [0, 0.1) is 11.2 Å². The molecule has 0 unspecified atom stereocenters. The van der Waals surface area contributed by atoms with E-state index in [2.05, 4.69) is 5.32 Å². The molecule has 1 aromatic rings. The maximum atomic E-state index is 14.2. The van der Waals surface area contributed by atoms with E-state index in [4.69, 9.17) is 16.3 Å². The van der Waals surface area contributed by atoms with E-state index in [1.54, 1.807) is 0 Å². The number of hydrogen-bond donors (Lipinski definition) is 0. The third kappa shape index (κ3) is 2.95. The first-order valence-corrected chi connectivity index (χ1v) is 6.83. The van der Waals surface area contributed by atoms with E-state index in [-0.39, 0.29) is 5.56 Å². The third-order valence-electron chi connectivity index (χ3n) is 3.18. The van der Waals surface area contributed by atoms with Crippen molar-refractivity contribution >= 4 is 23.1 Å². The minimum absolute atomic E-state index is 0.240. The normalized spacial score (nSPS) is 15.7. The van der Waals surface area contributed by atoms with E-state index >= 15 is 0 Å². The molecule has 1 heterocycles. The molecule has 0 N–H and O–H groups in total. The molecule has 2 rings (SSSR count). The lowest BCUT2D eigenvalue weighted by molar-refractivity contribution is -0.117. The van der Waals surface area contributed by atoms with Gasteiger partial charge in [-0.3, -0.25) is 4.79 Å². The Morgan fingerprint density at radius 2 is 1.95 bits per heavy atom. The molecule has 5 heteroatoms. The topological polar surface area (TPSA) is 40.4 Å². The molecule has 1 aliphatic heterocycles. The van der Waals surface area contributed by atoms with Gasteiger partial charge in [-0.25, -0.2) is 9.71 Å². The Labute approximate surface area is 128 Å². The van der Waals surface area contributed by atoms with Crippen molar-refractivity contribution in [2.75, 3.05) is 7.11 Å². The van der Waals surface area contributed by atoms with Crippen LogP contribution < -0.4 is 5.32 Å². The Balaban J connectivity index is 2.81. The third-order valence-corrected chi connectivity index (χ3v) is 3.41. The summed E-state index contributed by atoms with van der Waals surface area (Å²) in [4.78, 5) is 12.2. The van der Waals surface area contributed by atoms with Crippen LogP contribution in [0.4, 0.5) is 4.39 Å². The molecule has 0 fully saturated rings.